The molecule has 8 aromatic rings. The van der Waals surface area contributed by atoms with E-state index in [0.717, 1.165) is 11.5 Å². The first-order chi connectivity index (χ1) is 27.7. The summed E-state index contributed by atoms with van der Waals surface area (Å²) < 4.78 is 23.1. The molecular weight excluding hydrogens is 1050 g/mol. The van der Waals surface area contributed by atoms with Crippen molar-refractivity contribution in [1.29, 1.82) is 0 Å². The zero-order chi connectivity index (χ0) is 37.8. The molecule has 0 fully saturated rings. The number of rotatable bonds is 10. The molecule has 0 atom stereocenters. The van der Waals surface area contributed by atoms with Gasteiger partial charge in [-0.05, 0) is 0 Å². The standard InChI is InChI=1S/2C25H20OSeTe/c2*1-26-20-9-5-6-10-22(20)28-23-16-14-18-12-11-17-13-15-21(25(23)24(17)18)27-19-7-3-2-4-8-19/h2*2-10,13-16H,11-12H2,1H3. The molecule has 0 amide bonds. The predicted molar refractivity (Wildman–Crippen MR) is 242 cm³/mol. The minimum absolute atomic E-state index is 0.323. The number of benzene rings is 8. The third-order valence-electron chi connectivity index (χ3n) is 10.4. The fourth-order valence-corrected chi connectivity index (χ4v) is 19.0. The third kappa shape index (κ3) is 7.98. The van der Waals surface area contributed by atoms with Crippen LogP contribution < -0.4 is 41.8 Å². The molecule has 2 nitrogen and oxygen atoms in total. The van der Waals surface area contributed by atoms with Crippen LogP contribution in [0.5, 0.6) is 11.5 Å². The number of methoxy groups -OCH3 is 2. The van der Waals surface area contributed by atoms with Crippen molar-refractivity contribution in [2.24, 2.45) is 0 Å². The summed E-state index contributed by atoms with van der Waals surface area (Å²) in [6.45, 7) is 0. The molecule has 0 saturated carbocycles. The molecule has 0 heterocycles. The third-order valence-corrected chi connectivity index (χ3v) is 21.2. The monoisotopic (exact) mass is 1090 g/mol. The number of hydrogen-bond donors (Lipinski definition) is 0. The van der Waals surface area contributed by atoms with E-state index in [9.17, 15) is 0 Å². The molecule has 2 aliphatic rings. The van der Waals surface area contributed by atoms with Gasteiger partial charge in [0.1, 0.15) is 0 Å². The first-order valence-electron chi connectivity index (χ1n) is 18.9. The Morgan fingerprint density at radius 3 is 1.11 bits per heavy atom. The van der Waals surface area contributed by atoms with Gasteiger partial charge in [0.25, 0.3) is 0 Å². The zero-order valence-corrected chi connectivity index (χ0v) is 39.4. The van der Waals surface area contributed by atoms with Crippen LogP contribution in [0.4, 0.5) is 0 Å². The quantitative estimate of drug-likeness (QED) is 0.188. The molecule has 0 radical (unpaired) electrons. The average Bonchev–Trinajstić information content (AvgIpc) is 3.88. The van der Waals surface area contributed by atoms with Crippen LogP contribution in [-0.2, 0) is 25.7 Å². The van der Waals surface area contributed by atoms with Crippen molar-refractivity contribution < 1.29 is 9.47 Å². The molecule has 0 aromatic heterocycles. The van der Waals surface area contributed by atoms with E-state index in [1.54, 1.807) is 43.0 Å². The second-order valence-corrected chi connectivity index (χ2v) is 24.6. The Morgan fingerprint density at radius 2 is 0.714 bits per heavy atom. The van der Waals surface area contributed by atoms with Gasteiger partial charge in [0.2, 0.25) is 0 Å². The molecule has 0 saturated heterocycles. The SMILES string of the molecule is COc1ccccc1[Te]c1ccc2c3c(ccc([Se]c4ccccc4)c13)CC2.COc1ccccc1[Te]c1ccc2c3c(ccc([Se]c4ccccc4)c13)CC2. The van der Waals surface area contributed by atoms with Gasteiger partial charge in [-0.1, -0.05) is 0 Å². The van der Waals surface area contributed by atoms with E-state index >= 15 is 0 Å². The van der Waals surface area contributed by atoms with Crippen molar-refractivity contribution in [2.75, 3.05) is 14.2 Å². The summed E-state index contributed by atoms with van der Waals surface area (Å²) in [7, 11) is 3.56. The molecule has 10 rings (SSSR count). The van der Waals surface area contributed by atoms with Gasteiger partial charge in [0.05, 0.1) is 0 Å². The second-order valence-electron chi connectivity index (χ2n) is 13.7. The predicted octanol–water partition coefficient (Wildman–Crippen LogP) is 4.51. The Morgan fingerprint density at radius 1 is 0.357 bits per heavy atom. The summed E-state index contributed by atoms with van der Waals surface area (Å²) in [6, 6.07) is 58.1. The molecule has 6 heteroatoms. The normalized spacial score (nSPS) is 12.5. The summed E-state index contributed by atoms with van der Waals surface area (Å²) in [5.74, 6) is 2.06. The van der Waals surface area contributed by atoms with Crippen LogP contribution >= 0.6 is 0 Å². The molecule has 0 N–H and O–H groups in total. The van der Waals surface area contributed by atoms with Gasteiger partial charge in [-0.2, -0.15) is 0 Å². The molecule has 0 aliphatic heterocycles. The van der Waals surface area contributed by atoms with E-state index in [1.165, 1.54) is 73.0 Å². The molecular formula is C50H40O2Se2Te2. The Balaban J connectivity index is 0.000000146. The number of para-hydroxylation sites is 2. The Bertz CT molecular complexity index is 2470. The van der Waals surface area contributed by atoms with Crippen molar-refractivity contribution in [3.8, 4) is 11.5 Å². The van der Waals surface area contributed by atoms with E-state index in [4.69, 9.17) is 9.47 Å². The van der Waals surface area contributed by atoms with E-state index in [2.05, 4.69) is 158 Å². The van der Waals surface area contributed by atoms with Crippen molar-refractivity contribution in [3.05, 3.63) is 180 Å². The number of hydrogen-bond acceptors (Lipinski definition) is 2. The first kappa shape index (κ1) is 38.0. The number of ether oxygens (including phenoxy) is 2. The molecule has 0 spiro atoms. The summed E-state index contributed by atoms with van der Waals surface area (Å²) in [5, 5.41) is 6.19. The fraction of sp³-hybridized carbons (Fsp3) is 0.120. The van der Waals surface area contributed by atoms with Crippen LogP contribution in [-0.4, -0.2) is 86.0 Å². The van der Waals surface area contributed by atoms with Crippen LogP contribution in [0.2, 0.25) is 0 Å². The Labute approximate surface area is 362 Å². The Hall–Kier alpha value is -3.50. The van der Waals surface area contributed by atoms with Gasteiger partial charge in [-0.3, -0.25) is 0 Å². The fourth-order valence-electron chi connectivity index (χ4n) is 7.75. The maximum atomic E-state index is 5.65. The zero-order valence-electron chi connectivity index (χ0n) is 31.3. The first-order valence-corrected chi connectivity index (χ1v) is 27.0. The maximum absolute atomic E-state index is 5.65. The van der Waals surface area contributed by atoms with E-state index in [1.807, 2.05) is 0 Å². The van der Waals surface area contributed by atoms with Gasteiger partial charge in [-0.15, -0.1) is 0 Å². The summed E-state index contributed by atoms with van der Waals surface area (Å²) in [5.41, 5.74) is 6.14. The van der Waals surface area contributed by atoms with Gasteiger partial charge in [0, 0.05) is 0 Å². The summed E-state index contributed by atoms with van der Waals surface area (Å²) in [4.78, 5) is 0. The average molecular weight is 1090 g/mol. The van der Waals surface area contributed by atoms with E-state index in [-0.39, 0.29) is 0 Å². The van der Waals surface area contributed by atoms with Crippen LogP contribution in [0.25, 0.3) is 21.5 Å². The molecule has 8 aromatic carbocycles. The van der Waals surface area contributed by atoms with Crippen molar-refractivity contribution in [3.63, 3.8) is 0 Å². The van der Waals surface area contributed by atoms with Crippen molar-refractivity contribution in [1.82, 2.24) is 0 Å². The molecule has 2 aliphatic carbocycles. The summed E-state index contributed by atoms with van der Waals surface area (Å²) >= 11 is -0.410. The second kappa shape index (κ2) is 17.6. The van der Waals surface area contributed by atoms with Gasteiger partial charge >= 0.3 is 366 Å². The number of aryl methyl sites for hydroxylation is 4. The van der Waals surface area contributed by atoms with E-state index in [0.29, 0.717) is 29.9 Å². The molecule has 56 heavy (non-hydrogen) atoms. The van der Waals surface area contributed by atoms with Gasteiger partial charge < -0.3 is 0 Å². The van der Waals surface area contributed by atoms with Crippen LogP contribution in [0, 0.1) is 0 Å². The topological polar surface area (TPSA) is 18.5 Å². The Kier molecular flexibility index (Phi) is 11.9. The molecule has 0 unspecified atom stereocenters. The molecule has 276 valence electrons. The summed E-state index contributed by atoms with van der Waals surface area (Å²) in [6.07, 6.45) is 4.73. The van der Waals surface area contributed by atoms with Crippen LogP contribution in [0.1, 0.15) is 22.3 Å². The van der Waals surface area contributed by atoms with Crippen molar-refractivity contribution >= 4 is 126 Å². The van der Waals surface area contributed by atoms with Gasteiger partial charge in [-0.25, -0.2) is 0 Å². The molecule has 0 bridgehead atoms. The van der Waals surface area contributed by atoms with Gasteiger partial charge in [0.15, 0.2) is 0 Å². The van der Waals surface area contributed by atoms with E-state index < -0.39 is 41.8 Å². The van der Waals surface area contributed by atoms with Crippen molar-refractivity contribution in [2.45, 2.75) is 25.7 Å². The minimum atomic E-state index is -0.528. The van der Waals surface area contributed by atoms with Crippen LogP contribution in [0.3, 0.4) is 0 Å². The van der Waals surface area contributed by atoms with Crippen LogP contribution in [0.15, 0.2) is 158 Å².